The van der Waals surface area contributed by atoms with Crippen molar-refractivity contribution in [3.8, 4) is 0 Å². The van der Waals surface area contributed by atoms with Gasteiger partial charge in [-0.1, -0.05) is 129 Å². The topological polar surface area (TPSA) is 7.76 Å². The summed E-state index contributed by atoms with van der Waals surface area (Å²) in [6, 6.07) is 13.5. The van der Waals surface area contributed by atoms with E-state index in [1.54, 1.807) is 0 Å². The number of pyridine rings is 2. The van der Waals surface area contributed by atoms with Crippen LogP contribution in [0.3, 0.4) is 0 Å². The summed E-state index contributed by atoms with van der Waals surface area (Å²) in [5.41, 5.74) is 3.01. The molecule has 2 heterocycles. The fraction of sp³-hybridized carbons (Fsp3) is 0.730. The summed E-state index contributed by atoms with van der Waals surface area (Å²) in [6.45, 7) is 6.96. The molecule has 0 N–H and O–H groups in total. The molecule has 0 aliphatic rings. The molecule has 0 aliphatic heterocycles. The minimum atomic E-state index is 1.17. The molecule has 0 saturated carbocycles. The van der Waals surface area contributed by atoms with Crippen molar-refractivity contribution in [1.82, 2.24) is 0 Å². The van der Waals surface area contributed by atoms with Crippen molar-refractivity contribution >= 4 is 0 Å². The lowest BCUT2D eigenvalue weighted by molar-refractivity contribution is -0.706. The Hall–Kier alpha value is -1.70. The zero-order valence-corrected chi connectivity index (χ0v) is 26.2. The van der Waals surface area contributed by atoms with E-state index in [0.29, 0.717) is 0 Å². The zero-order valence-electron chi connectivity index (χ0n) is 26.2. The molecule has 0 radical (unpaired) electrons. The molecule has 2 heteroatoms. The van der Waals surface area contributed by atoms with Gasteiger partial charge in [0.25, 0.3) is 0 Å². The lowest BCUT2D eigenvalue weighted by atomic mass is 10.1. The van der Waals surface area contributed by atoms with Crippen LogP contribution in [0, 0.1) is 0 Å². The SMILES string of the molecule is CCCCCCCCCCCC[n+]1ccccc1CCCc1cccc[n+]1CCCCCCCCCCCC. The van der Waals surface area contributed by atoms with Gasteiger partial charge in [0.05, 0.1) is 0 Å². The molecule has 0 atom stereocenters. The highest BCUT2D eigenvalue weighted by atomic mass is 15.0. The second-order valence-electron chi connectivity index (χ2n) is 12.0. The summed E-state index contributed by atoms with van der Waals surface area (Å²) < 4.78 is 5.04. The van der Waals surface area contributed by atoms with Crippen LogP contribution in [-0.4, -0.2) is 0 Å². The highest BCUT2D eigenvalue weighted by Gasteiger charge is 2.13. The van der Waals surface area contributed by atoms with Gasteiger partial charge in [-0.2, -0.15) is 0 Å². The molecular weight excluding hydrogens is 472 g/mol. The normalized spacial score (nSPS) is 11.3. The number of hydrogen-bond acceptors (Lipinski definition) is 0. The van der Waals surface area contributed by atoms with Crippen molar-refractivity contribution in [3.63, 3.8) is 0 Å². The smallest absolute Gasteiger partial charge is 0.181 e. The van der Waals surface area contributed by atoms with Crippen LogP contribution < -0.4 is 9.13 Å². The van der Waals surface area contributed by atoms with E-state index in [2.05, 4.69) is 71.8 Å². The first-order valence-electron chi connectivity index (χ1n) is 17.3. The molecule has 2 rings (SSSR count). The van der Waals surface area contributed by atoms with Crippen LogP contribution in [0.5, 0.6) is 0 Å². The van der Waals surface area contributed by atoms with E-state index in [1.807, 2.05) is 0 Å². The van der Waals surface area contributed by atoms with Crippen LogP contribution in [-0.2, 0) is 25.9 Å². The minimum Gasteiger partial charge on any atom is -0.202 e. The summed E-state index contributed by atoms with van der Waals surface area (Å²) in [5.74, 6) is 0. The molecule has 0 spiro atoms. The number of rotatable bonds is 26. The van der Waals surface area contributed by atoms with E-state index in [4.69, 9.17) is 0 Å². The first kappa shape index (κ1) is 33.5. The Bertz CT molecular complexity index is 747. The summed E-state index contributed by atoms with van der Waals surface area (Å²) in [5, 5.41) is 0. The Labute approximate surface area is 243 Å². The van der Waals surface area contributed by atoms with Gasteiger partial charge in [0.1, 0.15) is 13.1 Å². The molecular formula is C37H64N2+2. The van der Waals surface area contributed by atoms with E-state index in [1.165, 1.54) is 172 Å². The average Bonchev–Trinajstić information content (AvgIpc) is 2.96. The summed E-state index contributed by atoms with van der Waals surface area (Å²) in [6.07, 6.45) is 36.3. The molecule has 0 saturated heterocycles. The molecule has 0 fully saturated rings. The zero-order chi connectivity index (χ0) is 27.6. The highest BCUT2D eigenvalue weighted by Crippen LogP contribution is 2.12. The third-order valence-electron chi connectivity index (χ3n) is 8.44. The van der Waals surface area contributed by atoms with Crippen molar-refractivity contribution in [2.24, 2.45) is 0 Å². The number of unbranched alkanes of at least 4 members (excludes halogenated alkanes) is 18. The lowest BCUT2D eigenvalue weighted by Crippen LogP contribution is -2.39. The number of hydrogen-bond donors (Lipinski definition) is 0. The second-order valence-corrected chi connectivity index (χ2v) is 12.0. The van der Waals surface area contributed by atoms with Gasteiger partial charge in [-0.15, -0.1) is 0 Å². The molecule has 220 valence electrons. The van der Waals surface area contributed by atoms with Crippen molar-refractivity contribution < 1.29 is 9.13 Å². The van der Waals surface area contributed by atoms with E-state index in [-0.39, 0.29) is 0 Å². The fourth-order valence-electron chi connectivity index (χ4n) is 5.90. The maximum atomic E-state index is 2.52. The number of aryl methyl sites for hydroxylation is 4. The molecule has 0 aromatic carbocycles. The first-order valence-corrected chi connectivity index (χ1v) is 17.3. The van der Waals surface area contributed by atoms with E-state index in [0.717, 1.165) is 0 Å². The summed E-state index contributed by atoms with van der Waals surface area (Å²) in [7, 11) is 0. The summed E-state index contributed by atoms with van der Waals surface area (Å²) >= 11 is 0. The van der Waals surface area contributed by atoms with E-state index < -0.39 is 0 Å². The monoisotopic (exact) mass is 537 g/mol. The van der Waals surface area contributed by atoms with Gasteiger partial charge in [-0.25, -0.2) is 9.13 Å². The van der Waals surface area contributed by atoms with Crippen LogP contribution in [0.1, 0.15) is 160 Å². The van der Waals surface area contributed by atoms with Crippen LogP contribution in [0.4, 0.5) is 0 Å². The Morgan fingerprint density at radius 1 is 0.385 bits per heavy atom. The molecule has 2 aromatic rings. The van der Waals surface area contributed by atoms with E-state index in [9.17, 15) is 0 Å². The lowest BCUT2D eigenvalue weighted by Gasteiger charge is -2.06. The average molecular weight is 537 g/mol. The number of aromatic nitrogens is 2. The van der Waals surface area contributed by atoms with Crippen LogP contribution in [0.2, 0.25) is 0 Å². The third kappa shape index (κ3) is 16.9. The van der Waals surface area contributed by atoms with Crippen molar-refractivity contribution in [2.45, 2.75) is 175 Å². The Morgan fingerprint density at radius 2 is 0.718 bits per heavy atom. The van der Waals surface area contributed by atoms with Gasteiger partial charge < -0.3 is 0 Å². The quantitative estimate of drug-likeness (QED) is 0.0834. The first-order chi connectivity index (χ1) is 19.3. The molecule has 2 nitrogen and oxygen atoms in total. The maximum absolute atomic E-state index is 2.52. The standard InChI is InChI=1S/C37H64N2/c1-3-5-7-9-11-13-15-17-19-23-32-38-34-25-21-28-36(38)30-27-31-37-29-22-26-35-39(37)33-24-20-18-16-14-12-10-8-6-4-2/h21-22,25-26,28-29,34-35H,3-20,23-24,27,30-33H2,1-2H3/q+2. The Morgan fingerprint density at radius 3 is 1.08 bits per heavy atom. The maximum Gasteiger partial charge on any atom is 0.181 e. The number of nitrogens with zero attached hydrogens (tertiary/aromatic N) is 2. The summed E-state index contributed by atoms with van der Waals surface area (Å²) in [4.78, 5) is 0. The Balaban J connectivity index is 1.61. The third-order valence-corrected chi connectivity index (χ3v) is 8.44. The van der Waals surface area contributed by atoms with Gasteiger partial charge in [0, 0.05) is 49.9 Å². The van der Waals surface area contributed by atoms with Crippen molar-refractivity contribution in [2.75, 3.05) is 0 Å². The van der Waals surface area contributed by atoms with E-state index >= 15 is 0 Å². The Kier molecular flexibility index (Phi) is 20.7. The molecule has 0 aliphatic carbocycles. The van der Waals surface area contributed by atoms with Gasteiger partial charge in [0.2, 0.25) is 0 Å². The van der Waals surface area contributed by atoms with Crippen LogP contribution >= 0.6 is 0 Å². The predicted octanol–water partition coefficient (Wildman–Crippen LogP) is 10.3. The van der Waals surface area contributed by atoms with Gasteiger partial charge >= 0.3 is 0 Å². The van der Waals surface area contributed by atoms with Crippen LogP contribution in [0.25, 0.3) is 0 Å². The molecule has 0 amide bonds. The van der Waals surface area contributed by atoms with Gasteiger partial charge in [-0.3, -0.25) is 0 Å². The largest absolute Gasteiger partial charge is 0.202 e. The fourth-order valence-corrected chi connectivity index (χ4v) is 5.90. The van der Waals surface area contributed by atoms with Gasteiger partial charge in [0.15, 0.2) is 23.8 Å². The van der Waals surface area contributed by atoms with Crippen molar-refractivity contribution in [3.05, 3.63) is 60.2 Å². The van der Waals surface area contributed by atoms with Gasteiger partial charge in [-0.05, 0) is 19.3 Å². The molecule has 39 heavy (non-hydrogen) atoms. The molecule has 0 bridgehead atoms. The predicted molar refractivity (Wildman–Crippen MR) is 169 cm³/mol. The highest BCUT2D eigenvalue weighted by molar-refractivity contribution is 5.00. The molecule has 0 unspecified atom stereocenters. The second kappa shape index (κ2) is 24.1. The van der Waals surface area contributed by atoms with Crippen molar-refractivity contribution in [1.29, 1.82) is 0 Å². The minimum absolute atomic E-state index is 1.17. The molecule has 2 aromatic heterocycles. The van der Waals surface area contributed by atoms with Crippen LogP contribution in [0.15, 0.2) is 48.8 Å².